The average Bonchev–Trinajstić information content (AvgIpc) is 2.59. The van der Waals surface area contributed by atoms with Crippen molar-refractivity contribution in [1.29, 1.82) is 0 Å². The van der Waals surface area contributed by atoms with Crippen LogP contribution < -0.4 is 10.6 Å². The second kappa shape index (κ2) is 8.42. The monoisotopic (exact) mass is 385 g/mol. The second-order valence-electron chi connectivity index (χ2n) is 5.15. The van der Waals surface area contributed by atoms with Crippen molar-refractivity contribution in [3.8, 4) is 0 Å². The van der Waals surface area contributed by atoms with Gasteiger partial charge in [0.2, 0.25) is 0 Å². The third kappa shape index (κ3) is 5.52. The largest absolute Gasteiger partial charge is 0.394 e. The lowest BCUT2D eigenvalue weighted by Crippen LogP contribution is -2.25. The van der Waals surface area contributed by atoms with Gasteiger partial charge in [-0.05, 0) is 17.7 Å². The van der Waals surface area contributed by atoms with Crippen molar-refractivity contribution in [2.45, 2.75) is 11.5 Å². The number of nitro groups is 1. The Balaban J connectivity index is 2.09. The zero-order valence-corrected chi connectivity index (χ0v) is 14.6. The van der Waals surface area contributed by atoms with Crippen molar-refractivity contribution in [3.63, 3.8) is 0 Å². The molecular formula is C15H17ClN3O5P. The van der Waals surface area contributed by atoms with Crippen LogP contribution in [0.25, 0.3) is 0 Å². The summed E-state index contributed by atoms with van der Waals surface area (Å²) in [5.41, 5.74) is 6.53. The number of para-hydroxylation sites is 1. The van der Waals surface area contributed by atoms with Crippen molar-refractivity contribution in [2.75, 3.05) is 11.7 Å². The van der Waals surface area contributed by atoms with Crippen LogP contribution in [0.2, 0.25) is 0 Å². The molecule has 0 heterocycles. The molecule has 0 bridgehead atoms. The van der Waals surface area contributed by atoms with Gasteiger partial charge >= 0.3 is 7.67 Å². The normalized spacial score (nSPS) is 15.8. The summed E-state index contributed by atoms with van der Waals surface area (Å²) in [5.74, 6) is 0. The molecule has 25 heavy (non-hydrogen) atoms. The standard InChI is InChI=1S/C15H17ClN3O5P/c16-15(11-6-8-13(9-7-11)19(21)22)14(10-20)24-25(17,23)18-12-4-2-1-3-5-12/h1-9,14-15,20H,10H2,(H3,17,18,23). The number of nitrogens with two attached hydrogens (primary N) is 1. The smallest absolute Gasteiger partial charge is 0.363 e. The quantitative estimate of drug-likeness (QED) is 0.275. The minimum atomic E-state index is -3.79. The van der Waals surface area contributed by atoms with Gasteiger partial charge in [-0.3, -0.25) is 14.6 Å². The van der Waals surface area contributed by atoms with Crippen molar-refractivity contribution in [1.82, 2.24) is 0 Å². The molecule has 0 aromatic heterocycles. The molecule has 0 saturated carbocycles. The molecule has 2 rings (SSSR count). The second-order valence-corrected chi connectivity index (χ2v) is 7.25. The number of aliphatic hydroxyl groups is 1. The predicted molar refractivity (Wildman–Crippen MR) is 95.5 cm³/mol. The SMILES string of the molecule is NP(=O)(Nc1ccccc1)OC(CO)C(Cl)c1ccc([N+](=O)[O-])cc1. The van der Waals surface area contributed by atoms with Gasteiger partial charge in [0.05, 0.1) is 16.9 Å². The van der Waals surface area contributed by atoms with Gasteiger partial charge in [-0.25, -0.2) is 10.1 Å². The highest BCUT2D eigenvalue weighted by Crippen LogP contribution is 2.43. The fraction of sp³-hybridized carbons (Fsp3) is 0.200. The van der Waals surface area contributed by atoms with E-state index in [2.05, 4.69) is 5.09 Å². The Hall–Kier alpha value is -1.96. The summed E-state index contributed by atoms with van der Waals surface area (Å²) in [6, 6.07) is 14.0. The van der Waals surface area contributed by atoms with E-state index in [0.29, 0.717) is 11.3 Å². The highest BCUT2D eigenvalue weighted by atomic mass is 35.5. The molecule has 0 spiro atoms. The summed E-state index contributed by atoms with van der Waals surface area (Å²) in [6.45, 7) is -0.539. The van der Waals surface area contributed by atoms with Gasteiger partial charge in [-0.15, -0.1) is 11.6 Å². The van der Waals surface area contributed by atoms with Crippen LogP contribution in [-0.2, 0) is 9.09 Å². The minimum absolute atomic E-state index is 0.0932. The van der Waals surface area contributed by atoms with Gasteiger partial charge in [-0.1, -0.05) is 30.3 Å². The van der Waals surface area contributed by atoms with E-state index in [1.54, 1.807) is 30.3 Å². The first kappa shape index (κ1) is 19.4. The van der Waals surface area contributed by atoms with Gasteiger partial charge in [0.25, 0.3) is 5.69 Å². The van der Waals surface area contributed by atoms with E-state index in [0.717, 1.165) is 0 Å². The van der Waals surface area contributed by atoms with Gasteiger partial charge in [0.1, 0.15) is 6.10 Å². The first-order valence-electron chi connectivity index (χ1n) is 7.22. The number of rotatable bonds is 8. The molecule has 10 heteroatoms. The molecule has 3 unspecified atom stereocenters. The van der Waals surface area contributed by atoms with Gasteiger partial charge in [-0.2, -0.15) is 0 Å². The third-order valence-corrected chi connectivity index (χ3v) is 4.97. The lowest BCUT2D eigenvalue weighted by atomic mass is 10.1. The van der Waals surface area contributed by atoms with Gasteiger partial charge in [0.15, 0.2) is 0 Å². The Morgan fingerprint density at radius 3 is 2.36 bits per heavy atom. The van der Waals surface area contributed by atoms with Crippen molar-refractivity contribution < 1.29 is 19.1 Å². The van der Waals surface area contributed by atoms with Gasteiger partial charge in [0, 0.05) is 17.8 Å². The van der Waals surface area contributed by atoms with Crippen LogP contribution in [0.3, 0.4) is 0 Å². The van der Waals surface area contributed by atoms with Crippen LogP contribution in [0.1, 0.15) is 10.9 Å². The Bertz CT molecular complexity index is 760. The summed E-state index contributed by atoms with van der Waals surface area (Å²) in [7, 11) is -3.79. The van der Waals surface area contributed by atoms with E-state index in [1.807, 2.05) is 0 Å². The molecule has 4 N–H and O–H groups in total. The summed E-state index contributed by atoms with van der Waals surface area (Å²) in [6.07, 6.45) is -1.07. The van der Waals surface area contributed by atoms with Gasteiger partial charge < -0.3 is 10.2 Å². The fourth-order valence-corrected chi connectivity index (χ4v) is 3.59. The number of hydrogen-bond acceptors (Lipinski definition) is 5. The number of halogens is 1. The number of alkyl halides is 1. The van der Waals surface area contributed by atoms with Crippen LogP contribution in [0.4, 0.5) is 11.4 Å². The number of aliphatic hydroxyl groups excluding tert-OH is 1. The Morgan fingerprint density at radius 1 is 1.24 bits per heavy atom. The van der Waals surface area contributed by atoms with E-state index in [-0.39, 0.29) is 5.69 Å². The molecule has 8 nitrogen and oxygen atoms in total. The third-order valence-electron chi connectivity index (χ3n) is 3.28. The molecule has 0 saturated heterocycles. The van der Waals surface area contributed by atoms with E-state index in [9.17, 15) is 19.8 Å². The predicted octanol–water partition coefficient (Wildman–Crippen LogP) is 3.43. The van der Waals surface area contributed by atoms with Crippen LogP contribution in [0, 0.1) is 10.1 Å². The maximum absolute atomic E-state index is 12.4. The van der Waals surface area contributed by atoms with Crippen molar-refractivity contribution in [3.05, 3.63) is 70.3 Å². The molecule has 0 radical (unpaired) electrons. The zero-order chi connectivity index (χ0) is 18.4. The number of benzene rings is 2. The van der Waals surface area contributed by atoms with Crippen molar-refractivity contribution in [2.24, 2.45) is 5.50 Å². The number of anilines is 1. The molecule has 2 aromatic carbocycles. The Labute approximate surface area is 149 Å². The highest BCUT2D eigenvalue weighted by Gasteiger charge is 2.29. The summed E-state index contributed by atoms with van der Waals surface area (Å²) in [5, 5.41) is 21.9. The maximum Gasteiger partial charge on any atom is 0.363 e. The molecule has 0 fully saturated rings. The molecule has 0 aliphatic carbocycles. The average molecular weight is 386 g/mol. The molecule has 134 valence electrons. The molecule has 3 atom stereocenters. The van der Waals surface area contributed by atoms with E-state index in [1.165, 1.54) is 24.3 Å². The topological polar surface area (TPSA) is 128 Å². The van der Waals surface area contributed by atoms with Crippen LogP contribution >= 0.6 is 19.3 Å². The molecule has 0 aliphatic heterocycles. The van der Waals surface area contributed by atoms with Crippen LogP contribution in [0.15, 0.2) is 54.6 Å². The zero-order valence-electron chi connectivity index (χ0n) is 13.0. The molecule has 0 amide bonds. The van der Waals surface area contributed by atoms with Crippen LogP contribution in [0.5, 0.6) is 0 Å². The summed E-state index contributed by atoms with van der Waals surface area (Å²) >= 11 is 6.25. The van der Waals surface area contributed by atoms with E-state index < -0.39 is 30.7 Å². The molecule has 0 aliphatic rings. The maximum atomic E-state index is 12.4. The fourth-order valence-electron chi connectivity index (χ4n) is 2.09. The number of nitrogens with zero attached hydrogens (tertiary/aromatic N) is 1. The Kier molecular flexibility index (Phi) is 6.52. The highest BCUT2D eigenvalue weighted by molar-refractivity contribution is 7.58. The number of non-ortho nitro benzene ring substituents is 1. The lowest BCUT2D eigenvalue weighted by molar-refractivity contribution is -0.384. The molecular weight excluding hydrogens is 369 g/mol. The Morgan fingerprint density at radius 2 is 1.84 bits per heavy atom. The molecule has 2 aromatic rings. The first-order chi connectivity index (χ1) is 11.8. The van der Waals surface area contributed by atoms with E-state index in [4.69, 9.17) is 21.6 Å². The number of hydrogen-bond donors (Lipinski definition) is 3. The summed E-state index contributed by atoms with van der Waals surface area (Å²) < 4.78 is 17.7. The minimum Gasteiger partial charge on any atom is -0.394 e. The van der Waals surface area contributed by atoms with Crippen LogP contribution in [-0.4, -0.2) is 22.7 Å². The lowest BCUT2D eigenvalue weighted by Gasteiger charge is -2.25. The number of nitrogens with one attached hydrogen (secondary N) is 1. The van der Waals surface area contributed by atoms with Crippen molar-refractivity contribution >= 4 is 30.6 Å². The summed E-state index contributed by atoms with van der Waals surface area (Å²) in [4.78, 5) is 10.1. The number of nitro benzene ring substituents is 1. The first-order valence-corrected chi connectivity index (χ1v) is 9.35. The van der Waals surface area contributed by atoms with E-state index >= 15 is 0 Å².